The average Bonchev–Trinajstić information content (AvgIpc) is 3.32. The zero-order valence-electron chi connectivity index (χ0n) is 12.7. The first-order valence-electron chi connectivity index (χ1n) is 8.26. The van der Waals surface area contributed by atoms with Crippen molar-refractivity contribution in [1.82, 2.24) is 15.1 Å². The van der Waals surface area contributed by atoms with E-state index in [0.29, 0.717) is 11.8 Å². The summed E-state index contributed by atoms with van der Waals surface area (Å²) in [7, 11) is 0. The third-order valence-corrected chi connectivity index (χ3v) is 6.88. The molecule has 0 aromatic carbocycles. The lowest BCUT2D eigenvalue weighted by Gasteiger charge is -2.35. The number of hydrogen-bond donors (Lipinski definition) is 0. The SMILES string of the molecule is O=C(C1CCN(c2nnc(C3CC3)s2)CC1)N1CCSCC1. The maximum Gasteiger partial charge on any atom is 0.225 e. The number of rotatable bonds is 3. The van der Waals surface area contributed by atoms with E-state index >= 15 is 0 Å². The van der Waals surface area contributed by atoms with Crippen molar-refractivity contribution in [2.75, 3.05) is 42.6 Å². The molecule has 1 aromatic rings. The summed E-state index contributed by atoms with van der Waals surface area (Å²) in [5, 5.41) is 11.0. The summed E-state index contributed by atoms with van der Waals surface area (Å²) in [6.45, 7) is 3.76. The van der Waals surface area contributed by atoms with Gasteiger partial charge < -0.3 is 9.80 Å². The number of piperidine rings is 1. The van der Waals surface area contributed by atoms with Crippen LogP contribution in [0.15, 0.2) is 0 Å². The molecule has 3 aliphatic rings. The zero-order chi connectivity index (χ0) is 14.9. The first-order chi connectivity index (χ1) is 10.8. The molecular weight excluding hydrogens is 316 g/mol. The fraction of sp³-hybridized carbons (Fsp3) is 0.800. The van der Waals surface area contributed by atoms with Crippen molar-refractivity contribution in [2.45, 2.75) is 31.6 Å². The smallest absolute Gasteiger partial charge is 0.225 e. The Morgan fingerprint density at radius 1 is 1.00 bits per heavy atom. The van der Waals surface area contributed by atoms with Gasteiger partial charge in [-0.05, 0) is 25.7 Å². The monoisotopic (exact) mass is 338 g/mol. The van der Waals surface area contributed by atoms with Crippen LogP contribution in [0.5, 0.6) is 0 Å². The lowest BCUT2D eigenvalue weighted by molar-refractivity contribution is -0.135. The third-order valence-electron chi connectivity index (χ3n) is 4.79. The Bertz CT molecular complexity index is 531. The van der Waals surface area contributed by atoms with E-state index in [0.717, 1.165) is 55.7 Å². The maximum atomic E-state index is 12.6. The molecule has 2 saturated heterocycles. The Morgan fingerprint density at radius 2 is 1.73 bits per heavy atom. The van der Waals surface area contributed by atoms with Gasteiger partial charge in [-0.25, -0.2) is 0 Å². The summed E-state index contributed by atoms with van der Waals surface area (Å²) in [5.41, 5.74) is 0. The van der Waals surface area contributed by atoms with Gasteiger partial charge >= 0.3 is 0 Å². The van der Waals surface area contributed by atoms with Crippen LogP contribution in [0.4, 0.5) is 5.13 Å². The van der Waals surface area contributed by atoms with Crippen LogP contribution in [0.2, 0.25) is 0 Å². The van der Waals surface area contributed by atoms with Crippen molar-refractivity contribution in [3.05, 3.63) is 5.01 Å². The van der Waals surface area contributed by atoms with Gasteiger partial charge in [0.2, 0.25) is 11.0 Å². The second-order valence-corrected chi connectivity index (χ2v) is 8.61. The van der Waals surface area contributed by atoms with Crippen molar-refractivity contribution in [3.63, 3.8) is 0 Å². The van der Waals surface area contributed by atoms with Crippen molar-refractivity contribution in [1.29, 1.82) is 0 Å². The Hall–Kier alpha value is -0.820. The summed E-state index contributed by atoms with van der Waals surface area (Å²) < 4.78 is 0. The molecular formula is C15H22N4OS2. The normalized spacial score (nSPS) is 23.8. The van der Waals surface area contributed by atoms with Gasteiger partial charge in [-0.3, -0.25) is 4.79 Å². The molecule has 3 fully saturated rings. The van der Waals surface area contributed by atoms with E-state index in [1.54, 1.807) is 11.3 Å². The molecule has 1 aliphatic carbocycles. The molecule has 1 aromatic heterocycles. The van der Waals surface area contributed by atoms with Gasteiger partial charge in [-0.15, -0.1) is 10.2 Å². The van der Waals surface area contributed by atoms with Crippen LogP contribution in [0.1, 0.15) is 36.6 Å². The highest BCUT2D eigenvalue weighted by Gasteiger charge is 2.32. The van der Waals surface area contributed by atoms with E-state index in [4.69, 9.17) is 0 Å². The zero-order valence-corrected chi connectivity index (χ0v) is 14.4. The third kappa shape index (κ3) is 3.11. The van der Waals surface area contributed by atoms with Gasteiger partial charge in [0, 0.05) is 49.5 Å². The van der Waals surface area contributed by atoms with E-state index in [1.807, 2.05) is 11.8 Å². The summed E-state index contributed by atoms with van der Waals surface area (Å²) >= 11 is 3.71. The molecule has 7 heteroatoms. The quantitative estimate of drug-likeness (QED) is 0.846. The first kappa shape index (κ1) is 14.8. The van der Waals surface area contributed by atoms with Crippen molar-refractivity contribution in [3.8, 4) is 0 Å². The van der Waals surface area contributed by atoms with Crippen LogP contribution < -0.4 is 4.90 Å². The minimum absolute atomic E-state index is 0.218. The van der Waals surface area contributed by atoms with Crippen molar-refractivity contribution >= 4 is 34.1 Å². The van der Waals surface area contributed by atoms with Crippen molar-refractivity contribution in [2.24, 2.45) is 5.92 Å². The number of aromatic nitrogens is 2. The largest absolute Gasteiger partial charge is 0.347 e. The number of carbonyl (C=O) groups is 1. The molecule has 120 valence electrons. The molecule has 1 amide bonds. The maximum absolute atomic E-state index is 12.6. The fourth-order valence-electron chi connectivity index (χ4n) is 3.21. The van der Waals surface area contributed by atoms with Gasteiger partial charge in [-0.2, -0.15) is 11.8 Å². The number of anilines is 1. The lowest BCUT2D eigenvalue weighted by Crippen LogP contribution is -2.45. The van der Waals surface area contributed by atoms with E-state index < -0.39 is 0 Å². The number of amides is 1. The molecule has 0 atom stereocenters. The van der Waals surface area contributed by atoms with Crippen LogP contribution in [-0.4, -0.2) is 58.7 Å². The second kappa shape index (κ2) is 6.35. The number of nitrogens with zero attached hydrogens (tertiary/aromatic N) is 4. The molecule has 0 unspecified atom stereocenters. The summed E-state index contributed by atoms with van der Waals surface area (Å²) in [4.78, 5) is 17.0. The van der Waals surface area contributed by atoms with Crippen LogP contribution >= 0.6 is 23.1 Å². The Labute approximate surface area is 139 Å². The summed E-state index contributed by atoms with van der Waals surface area (Å²) in [6, 6.07) is 0. The Balaban J connectivity index is 1.32. The number of hydrogen-bond acceptors (Lipinski definition) is 6. The highest BCUT2D eigenvalue weighted by atomic mass is 32.2. The van der Waals surface area contributed by atoms with E-state index in [-0.39, 0.29) is 5.92 Å². The highest BCUT2D eigenvalue weighted by Crippen LogP contribution is 2.42. The molecule has 1 saturated carbocycles. The molecule has 0 radical (unpaired) electrons. The summed E-state index contributed by atoms with van der Waals surface area (Å²) in [6.07, 6.45) is 4.47. The van der Waals surface area contributed by atoms with Gasteiger partial charge in [0.25, 0.3) is 0 Å². The molecule has 22 heavy (non-hydrogen) atoms. The van der Waals surface area contributed by atoms with Crippen LogP contribution in [-0.2, 0) is 4.79 Å². The van der Waals surface area contributed by atoms with Crippen LogP contribution in [0.25, 0.3) is 0 Å². The molecule has 5 nitrogen and oxygen atoms in total. The van der Waals surface area contributed by atoms with Crippen LogP contribution in [0.3, 0.4) is 0 Å². The number of carbonyl (C=O) groups excluding carboxylic acids is 1. The number of thioether (sulfide) groups is 1. The van der Waals surface area contributed by atoms with Gasteiger partial charge in [0.05, 0.1) is 0 Å². The van der Waals surface area contributed by atoms with Gasteiger partial charge in [0.15, 0.2) is 0 Å². The van der Waals surface area contributed by atoms with E-state index in [9.17, 15) is 4.79 Å². The van der Waals surface area contributed by atoms with Gasteiger partial charge in [0.1, 0.15) is 5.01 Å². The minimum atomic E-state index is 0.218. The highest BCUT2D eigenvalue weighted by molar-refractivity contribution is 7.99. The average molecular weight is 339 g/mol. The van der Waals surface area contributed by atoms with E-state index in [1.165, 1.54) is 17.8 Å². The second-order valence-electron chi connectivity index (χ2n) is 6.40. The lowest BCUT2D eigenvalue weighted by atomic mass is 9.95. The molecule has 0 N–H and O–H groups in total. The molecule has 4 rings (SSSR count). The fourth-order valence-corrected chi connectivity index (χ4v) is 5.18. The predicted octanol–water partition coefficient (Wildman–Crippen LogP) is 2.21. The molecule has 0 bridgehead atoms. The van der Waals surface area contributed by atoms with E-state index in [2.05, 4.69) is 20.0 Å². The standard InChI is InChI=1S/C15H22N4OS2/c20-14(18-7-9-21-10-8-18)12-3-5-19(6-4-12)15-17-16-13(22-15)11-1-2-11/h11-12H,1-10H2. The molecule has 3 heterocycles. The summed E-state index contributed by atoms with van der Waals surface area (Å²) in [5.74, 6) is 3.48. The Kier molecular flexibility index (Phi) is 4.26. The van der Waals surface area contributed by atoms with Crippen LogP contribution in [0, 0.1) is 5.92 Å². The predicted molar refractivity (Wildman–Crippen MR) is 90.7 cm³/mol. The minimum Gasteiger partial charge on any atom is -0.347 e. The molecule has 0 spiro atoms. The topological polar surface area (TPSA) is 49.3 Å². The molecule has 2 aliphatic heterocycles. The van der Waals surface area contributed by atoms with Gasteiger partial charge in [-0.1, -0.05) is 11.3 Å². The Morgan fingerprint density at radius 3 is 2.41 bits per heavy atom. The van der Waals surface area contributed by atoms with Crippen molar-refractivity contribution < 1.29 is 4.79 Å². The first-order valence-corrected chi connectivity index (χ1v) is 10.2.